The number of hydrogen-bond donors (Lipinski definition) is 1. The van der Waals surface area contributed by atoms with Gasteiger partial charge in [0.1, 0.15) is 6.04 Å². The molecule has 0 saturated heterocycles. The van der Waals surface area contributed by atoms with Gasteiger partial charge < -0.3 is 14.9 Å². The summed E-state index contributed by atoms with van der Waals surface area (Å²) in [5.74, 6) is -0.271. The van der Waals surface area contributed by atoms with Crippen LogP contribution in [0.25, 0.3) is 0 Å². The topological polar surface area (TPSA) is 73.2 Å². The highest BCUT2D eigenvalue weighted by atomic mass is 35.5. The van der Waals surface area contributed by atoms with Crippen LogP contribution in [0.3, 0.4) is 0 Å². The average molecular weight is 372 g/mol. The van der Waals surface area contributed by atoms with E-state index in [1.54, 1.807) is 25.2 Å². The van der Waals surface area contributed by atoms with E-state index in [0.29, 0.717) is 16.4 Å². The van der Waals surface area contributed by atoms with E-state index in [9.17, 15) is 9.59 Å². The molecule has 2 aromatic carbocycles. The molecule has 0 radical (unpaired) electrons. The summed E-state index contributed by atoms with van der Waals surface area (Å²) in [5.41, 5.74) is 2.87. The number of carbonyl (C=O) groups excluding carboxylic acids is 1. The molecule has 0 saturated carbocycles. The Morgan fingerprint density at radius 1 is 1.27 bits per heavy atom. The fraction of sp³-hybridized carbons (Fsp3) is 0.211. The van der Waals surface area contributed by atoms with Crippen LogP contribution in [0.1, 0.15) is 11.1 Å². The van der Waals surface area contributed by atoms with Crippen LogP contribution in [-0.4, -0.2) is 54.4 Å². The highest BCUT2D eigenvalue weighted by Crippen LogP contribution is 2.30. The number of anilines is 1. The normalized spacial score (nSPS) is 16.6. The molecule has 2 aromatic rings. The predicted octanol–water partition coefficient (Wildman–Crippen LogP) is 3.13. The fourth-order valence-electron chi connectivity index (χ4n) is 2.90. The van der Waals surface area contributed by atoms with Gasteiger partial charge in [-0.1, -0.05) is 41.9 Å². The minimum Gasteiger partial charge on any atom is -0.465 e. The summed E-state index contributed by atoms with van der Waals surface area (Å²) in [6.07, 6.45) is -1.11. The quantitative estimate of drug-likeness (QED) is 0.900. The molecule has 1 N–H and O–H groups in total. The second-order valence-corrected chi connectivity index (χ2v) is 6.52. The summed E-state index contributed by atoms with van der Waals surface area (Å²) in [6.45, 7) is -0.0312. The van der Waals surface area contributed by atoms with Gasteiger partial charge in [0, 0.05) is 30.2 Å². The van der Waals surface area contributed by atoms with Crippen molar-refractivity contribution in [2.75, 3.05) is 25.5 Å². The van der Waals surface area contributed by atoms with Crippen molar-refractivity contribution in [3.05, 3.63) is 64.7 Å². The van der Waals surface area contributed by atoms with Crippen molar-refractivity contribution in [2.24, 2.45) is 4.99 Å². The Morgan fingerprint density at radius 3 is 2.62 bits per heavy atom. The van der Waals surface area contributed by atoms with Gasteiger partial charge in [0.2, 0.25) is 0 Å². The molecule has 1 aliphatic heterocycles. The molecule has 1 heterocycles. The lowest BCUT2D eigenvalue weighted by atomic mass is 10.0. The number of fused-ring (bicyclic) bond motifs is 1. The van der Waals surface area contributed by atoms with Crippen LogP contribution in [0.5, 0.6) is 0 Å². The van der Waals surface area contributed by atoms with Crippen LogP contribution >= 0.6 is 11.6 Å². The number of likely N-dealkylation sites (N-methyl/N-ethyl adjacent to an activating group) is 2. The molecule has 0 aliphatic carbocycles. The van der Waals surface area contributed by atoms with Gasteiger partial charge in [0.05, 0.1) is 17.9 Å². The fourth-order valence-corrected chi connectivity index (χ4v) is 3.07. The molecule has 0 spiro atoms. The largest absolute Gasteiger partial charge is 0.465 e. The standard InChI is InChI=1S/C19H18ClN3O3/c1-22(19(25)26)11-15-18(24)23(2)16-9-8-13(20)10-14(16)17(21-15)12-6-4-3-5-7-12/h3-10,15H,11H2,1-2H3,(H,25,26). The lowest BCUT2D eigenvalue weighted by molar-refractivity contribution is -0.119. The number of benzene rings is 2. The first-order valence-corrected chi connectivity index (χ1v) is 8.41. The Morgan fingerprint density at radius 2 is 1.96 bits per heavy atom. The first kappa shape index (κ1) is 17.9. The molecule has 2 amide bonds. The SMILES string of the molecule is CN(CC1N=C(c2ccccc2)c2cc(Cl)ccc2N(C)C1=O)C(=O)O. The Hall–Kier alpha value is -2.86. The summed E-state index contributed by atoms with van der Waals surface area (Å²) in [5, 5.41) is 9.70. The number of amides is 2. The van der Waals surface area contributed by atoms with Crippen LogP contribution in [0.2, 0.25) is 5.02 Å². The van der Waals surface area contributed by atoms with Crippen molar-refractivity contribution in [3.63, 3.8) is 0 Å². The summed E-state index contributed by atoms with van der Waals surface area (Å²) in [4.78, 5) is 31.3. The number of carbonyl (C=O) groups is 2. The van der Waals surface area contributed by atoms with E-state index in [1.807, 2.05) is 30.3 Å². The summed E-state index contributed by atoms with van der Waals surface area (Å²) in [7, 11) is 3.08. The first-order valence-electron chi connectivity index (χ1n) is 8.03. The molecule has 7 heteroatoms. The predicted molar refractivity (Wildman–Crippen MR) is 101 cm³/mol. The maximum absolute atomic E-state index is 12.9. The van der Waals surface area contributed by atoms with Crippen LogP contribution in [-0.2, 0) is 4.79 Å². The van der Waals surface area contributed by atoms with E-state index in [1.165, 1.54) is 11.9 Å². The number of halogens is 1. The zero-order valence-electron chi connectivity index (χ0n) is 14.4. The van der Waals surface area contributed by atoms with Gasteiger partial charge in [-0.2, -0.15) is 0 Å². The first-order chi connectivity index (χ1) is 12.4. The van der Waals surface area contributed by atoms with E-state index < -0.39 is 12.1 Å². The number of hydrogen-bond acceptors (Lipinski definition) is 3. The van der Waals surface area contributed by atoms with Crippen molar-refractivity contribution < 1.29 is 14.7 Å². The van der Waals surface area contributed by atoms with Gasteiger partial charge in [0.25, 0.3) is 5.91 Å². The van der Waals surface area contributed by atoms with Gasteiger partial charge >= 0.3 is 6.09 Å². The van der Waals surface area contributed by atoms with E-state index in [-0.39, 0.29) is 12.5 Å². The van der Waals surface area contributed by atoms with Crippen LogP contribution in [0, 0.1) is 0 Å². The lowest BCUT2D eigenvalue weighted by Crippen LogP contribution is -2.42. The molecule has 1 atom stereocenters. The maximum atomic E-state index is 12.9. The van der Waals surface area contributed by atoms with Crippen LogP contribution in [0.4, 0.5) is 10.5 Å². The molecule has 3 rings (SSSR count). The van der Waals surface area contributed by atoms with E-state index in [2.05, 4.69) is 4.99 Å². The van der Waals surface area contributed by atoms with Crippen molar-refractivity contribution in [1.82, 2.24) is 4.90 Å². The van der Waals surface area contributed by atoms with Gasteiger partial charge in [-0.25, -0.2) is 4.79 Å². The Kier molecular flexibility index (Phi) is 4.95. The number of nitrogens with zero attached hydrogens (tertiary/aromatic N) is 3. The van der Waals surface area contributed by atoms with E-state index >= 15 is 0 Å². The Balaban J connectivity index is 2.17. The van der Waals surface area contributed by atoms with E-state index in [4.69, 9.17) is 16.7 Å². The van der Waals surface area contributed by atoms with Crippen LogP contribution in [0.15, 0.2) is 53.5 Å². The Bertz CT molecular complexity index is 883. The molecule has 0 fully saturated rings. The number of benzodiazepines with no additional fused rings is 1. The van der Waals surface area contributed by atoms with Crippen molar-refractivity contribution >= 4 is 35.0 Å². The zero-order chi connectivity index (χ0) is 18.8. The van der Waals surface area contributed by atoms with Crippen molar-refractivity contribution in [1.29, 1.82) is 0 Å². The van der Waals surface area contributed by atoms with Gasteiger partial charge in [-0.3, -0.25) is 9.79 Å². The molecule has 0 bridgehead atoms. The van der Waals surface area contributed by atoms with Crippen molar-refractivity contribution in [2.45, 2.75) is 6.04 Å². The monoisotopic (exact) mass is 371 g/mol. The summed E-state index contributed by atoms with van der Waals surface area (Å²) in [6, 6.07) is 13.9. The third-order valence-corrected chi connectivity index (χ3v) is 4.53. The highest BCUT2D eigenvalue weighted by molar-refractivity contribution is 6.32. The van der Waals surface area contributed by atoms with Gasteiger partial charge in [-0.15, -0.1) is 0 Å². The number of aliphatic imine (C=N–C) groups is 1. The molecule has 1 aliphatic rings. The second kappa shape index (κ2) is 7.17. The molecular weight excluding hydrogens is 354 g/mol. The average Bonchev–Trinajstić information content (AvgIpc) is 2.73. The van der Waals surface area contributed by atoms with Gasteiger partial charge in [0.15, 0.2) is 0 Å². The van der Waals surface area contributed by atoms with Gasteiger partial charge in [-0.05, 0) is 18.2 Å². The van der Waals surface area contributed by atoms with E-state index in [0.717, 1.165) is 16.0 Å². The third-order valence-electron chi connectivity index (χ3n) is 4.30. The minimum absolute atomic E-state index is 0.0312. The van der Waals surface area contributed by atoms with Crippen LogP contribution < -0.4 is 4.90 Å². The smallest absolute Gasteiger partial charge is 0.407 e. The zero-order valence-corrected chi connectivity index (χ0v) is 15.1. The molecule has 134 valence electrons. The second-order valence-electron chi connectivity index (χ2n) is 6.08. The summed E-state index contributed by atoms with van der Waals surface area (Å²) < 4.78 is 0. The number of carboxylic acid groups (broad SMARTS) is 1. The molecular formula is C19H18ClN3O3. The lowest BCUT2D eigenvalue weighted by Gasteiger charge is -2.22. The molecule has 0 aromatic heterocycles. The van der Waals surface area contributed by atoms with Crippen molar-refractivity contribution in [3.8, 4) is 0 Å². The maximum Gasteiger partial charge on any atom is 0.407 e. The molecule has 6 nitrogen and oxygen atoms in total. The molecule has 26 heavy (non-hydrogen) atoms. The third kappa shape index (κ3) is 3.41. The summed E-state index contributed by atoms with van der Waals surface area (Å²) >= 11 is 6.18. The highest BCUT2D eigenvalue weighted by Gasteiger charge is 2.31. The number of rotatable bonds is 3. The Labute approximate surface area is 156 Å². The minimum atomic E-state index is -1.11. The molecule has 1 unspecified atom stereocenters.